The van der Waals surface area contributed by atoms with Crippen molar-refractivity contribution in [3.05, 3.63) is 42.0 Å². The lowest BCUT2D eigenvalue weighted by atomic mass is 9.96. The predicted octanol–water partition coefficient (Wildman–Crippen LogP) is 5.30. The average molecular weight is 439 g/mol. The third-order valence-electron chi connectivity index (χ3n) is 6.02. The second-order valence-electron chi connectivity index (χ2n) is 7.89. The molecule has 162 valence electrons. The van der Waals surface area contributed by atoms with Crippen LogP contribution in [0.2, 0.25) is 0 Å². The van der Waals surface area contributed by atoms with Gasteiger partial charge in [0.25, 0.3) is 0 Å². The van der Waals surface area contributed by atoms with Gasteiger partial charge in [-0.05, 0) is 44.7 Å². The van der Waals surface area contributed by atoms with Gasteiger partial charge in [-0.1, -0.05) is 24.3 Å². The lowest BCUT2D eigenvalue weighted by molar-refractivity contribution is 0.0635. The Hall–Kier alpha value is -2.41. The van der Waals surface area contributed by atoms with Crippen LogP contribution in [0.25, 0.3) is 10.8 Å². The molecule has 31 heavy (non-hydrogen) atoms. The number of hydrogen-bond acceptors (Lipinski definition) is 7. The molecule has 2 fully saturated rings. The molecule has 2 aliphatic heterocycles. The Bertz CT molecular complexity index is 1060. The zero-order valence-corrected chi connectivity index (χ0v) is 18.5. The second kappa shape index (κ2) is 9.39. The highest BCUT2D eigenvalue weighted by Gasteiger charge is 2.44. The summed E-state index contributed by atoms with van der Waals surface area (Å²) in [5, 5.41) is 20.2. The predicted molar refractivity (Wildman–Crippen MR) is 117 cm³/mol. The molecule has 2 aromatic carbocycles. The molecular weight excluding hydrogens is 413 g/mol. The van der Waals surface area contributed by atoms with E-state index in [4.69, 9.17) is 18.8 Å². The van der Waals surface area contributed by atoms with Gasteiger partial charge in [0.1, 0.15) is 0 Å². The van der Waals surface area contributed by atoms with Crippen molar-refractivity contribution in [3.63, 3.8) is 0 Å². The van der Waals surface area contributed by atoms with Crippen LogP contribution in [-0.4, -0.2) is 31.4 Å². The first-order valence-corrected chi connectivity index (χ1v) is 12.2. The molecule has 0 N–H and O–H groups in total. The fourth-order valence-electron chi connectivity index (χ4n) is 4.85. The first-order valence-electron chi connectivity index (χ1n) is 10.7. The van der Waals surface area contributed by atoms with Gasteiger partial charge in [0.2, 0.25) is 0 Å². The van der Waals surface area contributed by atoms with E-state index in [-0.39, 0.29) is 37.8 Å². The molecule has 3 atom stereocenters. The topological polar surface area (TPSA) is 95.6 Å². The van der Waals surface area contributed by atoms with Crippen molar-refractivity contribution in [2.75, 3.05) is 18.1 Å². The minimum Gasteiger partial charge on any atom is -0.365 e. The summed E-state index contributed by atoms with van der Waals surface area (Å²) in [5.74, 6) is 0. The maximum atomic E-state index is 13.0. The van der Waals surface area contributed by atoms with E-state index in [1.54, 1.807) is 6.92 Å². The first-order chi connectivity index (χ1) is 15.1. The number of benzene rings is 2. The van der Waals surface area contributed by atoms with Gasteiger partial charge in [0.15, 0.2) is 0 Å². The van der Waals surface area contributed by atoms with Gasteiger partial charge < -0.3 is 4.90 Å². The fourth-order valence-corrected chi connectivity index (χ4v) is 6.22. The van der Waals surface area contributed by atoms with Crippen molar-refractivity contribution in [1.82, 2.24) is 0 Å². The number of phosphoric acid groups is 1. The number of phosphoric ester groups is 1. The number of fused-ring (bicyclic) bond motifs is 3. The normalized spacial score (nSPS) is 24.5. The first kappa shape index (κ1) is 21.8. The number of rotatable bonds is 8. The minimum absolute atomic E-state index is 0.0245. The standard InChI is InChI=1S/C23H26N3O4P/c1-2-28-31(27,29-13-5-12-24)30-20-14-18-9-10-19(15-20)26(18)23-11-8-17(16-25)21-6-3-4-7-22(21)23/h3-4,6-8,11,18-20H,2,5,9-10,13-15H2,1H3. The molecule has 0 amide bonds. The highest BCUT2D eigenvalue weighted by molar-refractivity contribution is 7.48. The van der Waals surface area contributed by atoms with E-state index < -0.39 is 7.82 Å². The summed E-state index contributed by atoms with van der Waals surface area (Å²) in [6.45, 7) is 1.98. The molecule has 2 saturated heterocycles. The highest BCUT2D eigenvalue weighted by atomic mass is 31.2. The van der Waals surface area contributed by atoms with Crippen LogP contribution in [0.1, 0.15) is 44.6 Å². The maximum absolute atomic E-state index is 13.0. The maximum Gasteiger partial charge on any atom is 0.475 e. The lowest BCUT2D eigenvalue weighted by Gasteiger charge is -2.41. The van der Waals surface area contributed by atoms with Gasteiger partial charge >= 0.3 is 7.82 Å². The van der Waals surface area contributed by atoms with E-state index in [1.165, 1.54) is 0 Å². The molecule has 0 saturated carbocycles. The van der Waals surface area contributed by atoms with Crippen LogP contribution in [-0.2, 0) is 18.1 Å². The van der Waals surface area contributed by atoms with Crippen molar-refractivity contribution in [2.24, 2.45) is 0 Å². The van der Waals surface area contributed by atoms with Crippen molar-refractivity contribution in [2.45, 2.75) is 57.2 Å². The Kier molecular flexibility index (Phi) is 6.60. The molecular formula is C23H26N3O4P. The monoisotopic (exact) mass is 439 g/mol. The molecule has 0 spiro atoms. The van der Waals surface area contributed by atoms with Crippen molar-refractivity contribution in [1.29, 1.82) is 10.5 Å². The summed E-state index contributed by atoms with van der Waals surface area (Å²) in [5.41, 5.74) is 1.82. The molecule has 2 bridgehead atoms. The van der Waals surface area contributed by atoms with Gasteiger partial charge in [0.05, 0.1) is 43.4 Å². The number of piperidine rings is 1. The Labute approximate surface area is 182 Å². The van der Waals surface area contributed by atoms with Crippen LogP contribution in [0.3, 0.4) is 0 Å². The molecule has 8 heteroatoms. The summed E-state index contributed by atoms with van der Waals surface area (Å²) in [6.07, 6.45) is 3.43. The van der Waals surface area contributed by atoms with Crippen molar-refractivity contribution < 1.29 is 18.1 Å². The third kappa shape index (κ3) is 4.47. The average Bonchev–Trinajstić information content (AvgIpc) is 3.03. The van der Waals surface area contributed by atoms with Crippen LogP contribution in [0.15, 0.2) is 36.4 Å². The molecule has 0 radical (unpaired) electrons. The fraction of sp³-hybridized carbons (Fsp3) is 0.478. The van der Waals surface area contributed by atoms with E-state index in [2.05, 4.69) is 17.0 Å². The van der Waals surface area contributed by atoms with Gasteiger partial charge in [-0.15, -0.1) is 0 Å². The van der Waals surface area contributed by atoms with E-state index in [9.17, 15) is 9.83 Å². The molecule has 4 rings (SSSR count). The molecule has 2 heterocycles. The van der Waals surface area contributed by atoms with Crippen molar-refractivity contribution in [3.8, 4) is 12.1 Å². The largest absolute Gasteiger partial charge is 0.475 e. The van der Waals surface area contributed by atoms with Crippen LogP contribution < -0.4 is 4.90 Å². The zero-order chi connectivity index (χ0) is 21.8. The Morgan fingerprint density at radius 1 is 1.06 bits per heavy atom. The third-order valence-corrected chi connectivity index (χ3v) is 7.65. The molecule has 2 aliphatic rings. The van der Waals surface area contributed by atoms with Gasteiger partial charge in [-0.25, -0.2) is 4.57 Å². The van der Waals surface area contributed by atoms with Crippen LogP contribution in [0.5, 0.6) is 0 Å². The minimum atomic E-state index is -3.69. The van der Waals surface area contributed by atoms with E-state index >= 15 is 0 Å². The smallest absolute Gasteiger partial charge is 0.365 e. The molecule has 0 aromatic heterocycles. The van der Waals surface area contributed by atoms with Crippen molar-refractivity contribution >= 4 is 24.3 Å². The van der Waals surface area contributed by atoms with Gasteiger partial charge in [0, 0.05) is 28.5 Å². The lowest BCUT2D eigenvalue weighted by Crippen LogP contribution is -2.45. The van der Waals surface area contributed by atoms with E-state index in [1.807, 2.05) is 36.4 Å². The number of nitrogens with zero attached hydrogens (tertiary/aromatic N) is 3. The highest BCUT2D eigenvalue weighted by Crippen LogP contribution is 2.53. The number of anilines is 1. The Morgan fingerprint density at radius 2 is 1.77 bits per heavy atom. The Balaban J connectivity index is 1.54. The van der Waals surface area contributed by atoms with Crippen LogP contribution >= 0.6 is 7.82 Å². The summed E-state index contributed by atoms with van der Waals surface area (Å²) in [4.78, 5) is 2.45. The van der Waals surface area contributed by atoms with Gasteiger partial charge in [-0.3, -0.25) is 13.6 Å². The van der Waals surface area contributed by atoms with Crippen LogP contribution in [0, 0.1) is 22.7 Å². The zero-order valence-electron chi connectivity index (χ0n) is 17.6. The summed E-state index contributed by atoms with van der Waals surface area (Å²) in [7, 11) is -3.69. The molecule has 2 aromatic rings. The quantitative estimate of drug-likeness (QED) is 0.407. The van der Waals surface area contributed by atoms with E-state index in [0.29, 0.717) is 5.56 Å². The van der Waals surface area contributed by atoms with Gasteiger partial charge in [-0.2, -0.15) is 10.5 Å². The molecule has 0 aliphatic carbocycles. The number of hydrogen-bond donors (Lipinski definition) is 0. The SMILES string of the molecule is CCOP(=O)(OCCC#N)OC1CC2CCC(C1)N2c1ccc(C#N)c2ccccc12. The molecule has 7 nitrogen and oxygen atoms in total. The summed E-state index contributed by atoms with van der Waals surface area (Å²) >= 11 is 0. The Morgan fingerprint density at radius 3 is 2.42 bits per heavy atom. The number of nitriles is 2. The van der Waals surface area contributed by atoms with E-state index in [0.717, 1.165) is 42.1 Å². The second-order valence-corrected chi connectivity index (χ2v) is 9.51. The van der Waals surface area contributed by atoms with Crippen LogP contribution in [0.4, 0.5) is 5.69 Å². The summed E-state index contributed by atoms with van der Waals surface area (Å²) < 4.78 is 29.5. The summed E-state index contributed by atoms with van der Waals surface area (Å²) in [6, 6.07) is 16.7. The molecule has 3 unspecified atom stereocenters.